The average Bonchev–Trinajstić information content (AvgIpc) is 1.85. The van der Waals surface area contributed by atoms with E-state index in [9.17, 15) is 5.11 Å². The fraction of sp³-hybridized carbons (Fsp3) is 1.00. The molecule has 12 heavy (non-hydrogen) atoms. The second kappa shape index (κ2) is 3.75. The normalized spacial score (nSPS) is 16.2. The van der Waals surface area contributed by atoms with Crippen molar-refractivity contribution < 1.29 is 5.11 Å². The maximum Gasteiger partial charge on any atom is 0.0608 e. The Balaban J connectivity index is 4.38. The zero-order chi connectivity index (χ0) is 9.99. The Labute approximate surface area is 76.2 Å². The number of aliphatic hydroxyl groups excluding tert-OH is 1. The molecule has 0 rings (SSSR count). The molecular weight excluding hydrogens is 150 g/mol. The summed E-state index contributed by atoms with van der Waals surface area (Å²) in [7, 11) is 0. The van der Waals surface area contributed by atoms with Crippen LogP contribution in [0.5, 0.6) is 0 Å². The molecule has 0 saturated heterocycles. The number of nitrogens with two attached hydrogens (primary N) is 1. The van der Waals surface area contributed by atoms with E-state index in [4.69, 9.17) is 5.73 Å². The Bertz CT molecular complexity index is 135. The first kappa shape index (κ1) is 11.9. The Morgan fingerprint density at radius 3 is 1.92 bits per heavy atom. The predicted molar refractivity (Wildman–Crippen MR) is 53.0 cm³/mol. The summed E-state index contributed by atoms with van der Waals surface area (Å²) in [5.74, 6) is 0. The molecular formula is C10H23NO. The molecule has 0 saturated carbocycles. The predicted octanol–water partition coefficient (Wildman–Crippen LogP) is 1.91. The zero-order valence-corrected chi connectivity index (χ0v) is 9.02. The molecule has 0 aliphatic heterocycles. The van der Waals surface area contributed by atoms with Crippen LogP contribution in [0.3, 0.4) is 0 Å². The summed E-state index contributed by atoms with van der Waals surface area (Å²) >= 11 is 0. The van der Waals surface area contributed by atoms with Crippen molar-refractivity contribution in [2.45, 2.75) is 59.1 Å². The lowest BCUT2D eigenvalue weighted by molar-refractivity contribution is -0.00177. The van der Waals surface area contributed by atoms with Gasteiger partial charge < -0.3 is 10.8 Å². The van der Waals surface area contributed by atoms with Gasteiger partial charge in [0.05, 0.1) is 6.10 Å². The van der Waals surface area contributed by atoms with Gasteiger partial charge in [0.2, 0.25) is 0 Å². The SMILES string of the molecule is CCCC(O)C(C)(C)C(C)(C)N. The summed E-state index contributed by atoms with van der Waals surface area (Å²) in [6.07, 6.45) is 1.52. The van der Waals surface area contributed by atoms with Crippen molar-refractivity contribution in [2.75, 3.05) is 0 Å². The third kappa shape index (κ3) is 2.46. The van der Waals surface area contributed by atoms with Crippen LogP contribution in [0.25, 0.3) is 0 Å². The van der Waals surface area contributed by atoms with Gasteiger partial charge in [-0.05, 0) is 20.3 Å². The Kier molecular flexibility index (Phi) is 3.73. The van der Waals surface area contributed by atoms with E-state index in [0.29, 0.717) is 0 Å². The highest BCUT2D eigenvalue weighted by atomic mass is 16.3. The van der Waals surface area contributed by atoms with Crippen molar-refractivity contribution in [3.05, 3.63) is 0 Å². The first-order valence-electron chi connectivity index (χ1n) is 4.70. The summed E-state index contributed by atoms with van der Waals surface area (Å²) in [6, 6.07) is 0. The van der Waals surface area contributed by atoms with Crippen LogP contribution in [0.1, 0.15) is 47.5 Å². The van der Waals surface area contributed by atoms with Crippen LogP contribution in [0.2, 0.25) is 0 Å². The van der Waals surface area contributed by atoms with Crippen LogP contribution in [0, 0.1) is 5.41 Å². The summed E-state index contributed by atoms with van der Waals surface area (Å²) in [4.78, 5) is 0. The molecule has 0 amide bonds. The Morgan fingerprint density at radius 1 is 1.25 bits per heavy atom. The van der Waals surface area contributed by atoms with E-state index in [1.807, 2.05) is 27.7 Å². The second-order valence-corrected chi connectivity index (χ2v) is 4.75. The molecule has 3 N–H and O–H groups in total. The van der Waals surface area contributed by atoms with E-state index >= 15 is 0 Å². The van der Waals surface area contributed by atoms with Crippen LogP contribution in [-0.4, -0.2) is 16.7 Å². The first-order chi connectivity index (χ1) is 5.23. The van der Waals surface area contributed by atoms with Crippen molar-refractivity contribution in [2.24, 2.45) is 11.1 Å². The highest BCUT2D eigenvalue weighted by molar-refractivity contribution is 4.94. The van der Waals surface area contributed by atoms with Crippen molar-refractivity contribution >= 4 is 0 Å². The smallest absolute Gasteiger partial charge is 0.0608 e. The first-order valence-corrected chi connectivity index (χ1v) is 4.70. The number of aliphatic hydroxyl groups is 1. The fourth-order valence-electron chi connectivity index (χ4n) is 1.06. The van der Waals surface area contributed by atoms with Crippen molar-refractivity contribution in [3.8, 4) is 0 Å². The van der Waals surface area contributed by atoms with Gasteiger partial charge in [0.25, 0.3) is 0 Å². The molecule has 0 aliphatic carbocycles. The zero-order valence-electron chi connectivity index (χ0n) is 9.02. The van der Waals surface area contributed by atoms with E-state index in [1.165, 1.54) is 0 Å². The lowest BCUT2D eigenvalue weighted by Crippen LogP contribution is -2.53. The monoisotopic (exact) mass is 173 g/mol. The van der Waals surface area contributed by atoms with E-state index in [2.05, 4.69) is 6.92 Å². The Hall–Kier alpha value is -0.0800. The van der Waals surface area contributed by atoms with Gasteiger partial charge in [-0.1, -0.05) is 27.2 Å². The lowest BCUT2D eigenvalue weighted by Gasteiger charge is -2.42. The summed E-state index contributed by atoms with van der Waals surface area (Å²) in [6.45, 7) is 10.0. The summed E-state index contributed by atoms with van der Waals surface area (Å²) in [5.41, 5.74) is 5.43. The molecule has 0 aliphatic rings. The second-order valence-electron chi connectivity index (χ2n) is 4.75. The average molecular weight is 173 g/mol. The lowest BCUT2D eigenvalue weighted by atomic mass is 9.70. The van der Waals surface area contributed by atoms with Gasteiger partial charge in [-0.25, -0.2) is 0 Å². The molecule has 0 fully saturated rings. The molecule has 0 aromatic rings. The molecule has 0 bridgehead atoms. The van der Waals surface area contributed by atoms with Gasteiger partial charge in [0.1, 0.15) is 0 Å². The number of hydrogen-bond acceptors (Lipinski definition) is 2. The Morgan fingerprint density at radius 2 is 1.67 bits per heavy atom. The quantitative estimate of drug-likeness (QED) is 0.682. The molecule has 1 unspecified atom stereocenters. The minimum absolute atomic E-state index is 0.219. The molecule has 0 radical (unpaired) electrons. The highest BCUT2D eigenvalue weighted by Crippen LogP contribution is 2.33. The van der Waals surface area contributed by atoms with Crippen LogP contribution >= 0.6 is 0 Å². The van der Waals surface area contributed by atoms with Gasteiger partial charge in [0, 0.05) is 11.0 Å². The van der Waals surface area contributed by atoms with Gasteiger partial charge >= 0.3 is 0 Å². The van der Waals surface area contributed by atoms with Gasteiger partial charge in [-0.3, -0.25) is 0 Å². The number of hydrogen-bond donors (Lipinski definition) is 2. The van der Waals surface area contributed by atoms with E-state index in [1.54, 1.807) is 0 Å². The maximum absolute atomic E-state index is 9.83. The summed E-state index contributed by atoms with van der Waals surface area (Å²) in [5, 5.41) is 9.83. The minimum Gasteiger partial charge on any atom is -0.393 e. The van der Waals surface area contributed by atoms with Crippen molar-refractivity contribution in [1.29, 1.82) is 0 Å². The summed E-state index contributed by atoms with van der Waals surface area (Å²) < 4.78 is 0. The molecule has 0 heterocycles. The van der Waals surface area contributed by atoms with E-state index < -0.39 is 0 Å². The van der Waals surface area contributed by atoms with Crippen molar-refractivity contribution in [1.82, 2.24) is 0 Å². The standard InChI is InChI=1S/C10H23NO/c1-6-7-8(12)9(2,3)10(4,5)11/h8,12H,6-7,11H2,1-5H3. The molecule has 2 nitrogen and oxygen atoms in total. The van der Waals surface area contributed by atoms with Gasteiger partial charge in [-0.2, -0.15) is 0 Å². The number of rotatable bonds is 4. The molecule has 74 valence electrons. The molecule has 2 heteroatoms. The third-order valence-electron chi connectivity index (χ3n) is 3.06. The molecule has 0 aromatic heterocycles. The van der Waals surface area contributed by atoms with Gasteiger partial charge in [0.15, 0.2) is 0 Å². The van der Waals surface area contributed by atoms with Crippen LogP contribution in [0.4, 0.5) is 0 Å². The third-order valence-corrected chi connectivity index (χ3v) is 3.06. The van der Waals surface area contributed by atoms with Crippen molar-refractivity contribution in [3.63, 3.8) is 0 Å². The highest BCUT2D eigenvalue weighted by Gasteiger charge is 2.39. The molecule has 0 spiro atoms. The molecule has 1 atom stereocenters. The van der Waals surface area contributed by atoms with E-state index in [0.717, 1.165) is 12.8 Å². The largest absolute Gasteiger partial charge is 0.393 e. The topological polar surface area (TPSA) is 46.2 Å². The van der Waals surface area contributed by atoms with Crippen LogP contribution in [-0.2, 0) is 0 Å². The minimum atomic E-state index is -0.332. The molecule has 0 aromatic carbocycles. The van der Waals surface area contributed by atoms with Crippen LogP contribution < -0.4 is 5.73 Å². The van der Waals surface area contributed by atoms with Gasteiger partial charge in [-0.15, -0.1) is 0 Å². The van der Waals surface area contributed by atoms with Crippen LogP contribution in [0.15, 0.2) is 0 Å². The maximum atomic E-state index is 9.83. The fourth-order valence-corrected chi connectivity index (χ4v) is 1.06. The van der Waals surface area contributed by atoms with E-state index in [-0.39, 0.29) is 17.1 Å².